The molecule has 1 amide bonds. The highest BCUT2D eigenvalue weighted by Crippen LogP contribution is 2.17. The van der Waals surface area contributed by atoms with Crippen LogP contribution in [0.4, 0.5) is 5.82 Å². The molecule has 3 aromatic rings. The molecule has 3 rings (SSSR count). The molecule has 0 aliphatic carbocycles. The molecular weight excluding hydrogens is 404 g/mol. The number of nitrogen functional groups attached to an aromatic ring is 1. The molecule has 10 nitrogen and oxygen atoms in total. The van der Waals surface area contributed by atoms with Crippen LogP contribution in [0.5, 0.6) is 0 Å². The van der Waals surface area contributed by atoms with E-state index in [1.54, 1.807) is 0 Å². The predicted molar refractivity (Wildman–Crippen MR) is 96.8 cm³/mol. The van der Waals surface area contributed by atoms with Gasteiger partial charge in [-0.25, -0.2) is 10.1 Å². The van der Waals surface area contributed by atoms with Gasteiger partial charge in [0.1, 0.15) is 0 Å². The zero-order valence-corrected chi connectivity index (χ0v) is 15.3. The van der Waals surface area contributed by atoms with Crippen LogP contribution < -0.4 is 11.2 Å². The van der Waals surface area contributed by atoms with E-state index in [4.69, 9.17) is 5.73 Å². The maximum absolute atomic E-state index is 12.4. The highest BCUT2D eigenvalue weighted by Gasteiger charge is 2.23. The second kappa shape index (κ2) is 7.87. The van der Waals surface area contributed by atoms with Crippen molar-refractivity contribution in [2.45, 2.75) is 19.8 Å². The molecule has 0 aliphatic heterocycles. The highest BCUT2D eigenvalue weighted by atomic mass is 79.9. The maximum atomic E-state index is 12.4. The molecule has 0 radical (unpaired) electrons. The summed E-state index contributed by atoms with van der Waals surface area (Å²) in [6.45, 7) is 1.97. The lowest BCUT2D eigenvalue weighted by atomic mass is 10.2. The molecule has 2 aromatic heterocycles. The van der Waals surface area contributed by atoms with Crippen molar-refractivity contribution in [3.8, 4) is 5.82 Å². The van der Waals surface area contributed by atoms with E-state index in [1.165, 1.54) is 10.9 Å². The monoisotopic (exact) mass is 418 g/mol. The van der Waals surface area contributed by atoms with Crippen molar-refractivity contribution < 1.29 is 9.42 Å². The summed E-state index contributed by atoms with van der Waals surface area (Å²) >= 11 is 3.36. The summed E-state index contributed by atoms with van der Waals surface area (Å²) in [6.07, 6.45) is 2.84. The Hall–Kier alpha value is -3.08. The molecular formula is C15H15BrN8O2. The van der Waals surface area contributed by atoms with Crippen LogP contribution in [0.3, 0.4) is 0 Å². The fourth-order valence-electron chi connectivity index (χ4n) is 2.21. The quantitative estimate of drug-likeness (QED) is 0.458. The summed E-state index contributed by atoms with van der Waals surface area (Å²) in [6, 6.07) is 7.48. The summed E-state index contributed by atoms with van der Waals surface area (Å²) in [5.74, 6) is -0.228. The smallest absolute Gasteiger partial charge is 0.293 e. The number of halogens is 1. The molecule has 0 saturated heterocycles. The largest absolute Gasteiger partial charge is 0.378 e. The number of anilines is 1. The average Bonchev–Trinajstić information content (AvgIpc) is 3.23. The van der Waals surface area contributed by atoms with E-state index in [-0.39, 0.29) is 17.3 Å². The third kappa shape index (κ3) is 3.77. The molecule has 2 heterocycles. The number of aromatic nitrogens is 5. The molecule has 0 spiro atoms. The van der Waals surface area contributed by atoms with Gasteiger partial charge in [0.2, 0.25) is 11.6 Å². The van der Waals surface area contributed by atoms with E-state index in [0.29, 0.717) is 12.1 Å². The van der Waals surface area contributed by atoms with Gasteiger partial charge in [-0.2, -0.15) is 9.78 Å². The summed E-state index contributed by atoms with van der Waals surface area (Å²) in [7, 11) is 0. The first-order chi connectivity index (χ1) is 12.6. The number of amides is 1. The SMILES string of the molecule is CCCc1c(C(=O)N/N=C\c2ccc(Br)cc2)nnn1-c1nonc1N. The summed E-state index contributed by atoms with van der Waals surface area (Å²) in [4.78, 5) is 12.4. The number of rotatable bonds is 6. The fraction of sp³-hybridized carbons (Fsp3) is 0.200. The van der Waals surface area contributed by atoms with Crippen molar-refractivity contribution in [2.75, 3.05) is 5.73 Å². The first-order valence-corrected chi connectivity index (χ1v) is 8.51. The molecule has 0 fully saturated rings. The third-order valence-corrected chi connectivity index (χ3v) is 3.94. The molecule has 1 aromatic carbocycles. The molecule has 134 valence electrons. The number of carbonyl (C=O) groups is 1. The summed E-state index contributed by atoms with van der Waals surface area (Å²) in [5, 5.41) is 19.0. The van der Waals surface area contributed by atoms with Gasteiger partial charge in [-0.3, -0.25) is 4.79 Å². The Bertz CT molecular complexity index is 932. The Kier molecular flexibility index (Phi) is 5.37. The number of carbonyl (C=O) groups excluding carboxylic acids is 1. The summed E-state index contributed by atoms with van der Waals surface area (Å²) < 4.78 is 6.89. The van der Waals surface area contributed by atoms with Crippen LogP contribution in [-0.4, -0.2) is 37.4 Å². The number of hydrogen-bond donors (Lipinski definition) is 2. The minimum Gasteiger partial charge on any atom is -0.378 e. The van der Waals surface area contributed by atoms with Crippen molar-refractivity contribution >= 4 is 33.9 Å². The molecule has 11 heteroatoms. The average molecular weight is 419 g/mol. The van der Waals surface area contributed by atoms with Crippen molar-refractivity contribution in [3.05, 3.63) is 45.7 Å². The zero-order valence-electron chi connectivity index (χ0n) is 13.8. The lowest BCUT2D eigenvalue weighted by Crippen LogP contribution is -2.20. The fourth-order valence-corrected chi connectivity index (χ4v) is 2.48. The van der Waals surface area contributed by atoms with Crippen LogP contribution in [-0.2, 0) is 6.42 Å². The number of nitrogens with two attached hydrogens (primary N) is 1. The van der Waals surface area contributed by atoms with E-state index in [9.17, 15) is 4.79 Å². The molecule has 26 heavy (non-hydrogen) atoms. The van der Waals surface area contributed by atoms with Crippen LogP contribution in [0.2, 0.25) is 0 Å². The van der Waals surface area contributed by atoms with Gasteiger partial charge >= 0.3 is 0 Å². The molecule has 0 aliphatic rings. The Morgan fingerprint density at radius 1 is 1.38 bits per heavy atom. The second-order valence-electron chi connectivity index (χ2n) is 5.27. The van der Waals surface area contributed by atoms with Gasteiger partial charge in [-0.15, -0.1) is 5.10 Å². The van der Waals surface area contributed by atoms with Gasteiger partial charge in [0.15, 0.2) is 5.69 Å². The topological polar surface area (TPSA) is 137 Å². The maximum Gasteiger partial charge on any atom is 0.293 e. The van der Waals surface area contributed by atoms with Crippen molar-refractivity contribution in [1.82, 2.24) is 30.7 Å². The Labute approximate surface area is 156 Å². The highest BCUT2D eigenvalue weighted by molar-refractivity contribution is 9.10. The number of hydrazone groups is 1. The van der Waals surface area contributed by atoms with Crippen molar-refractivity contribution in [2.24, 2.45) is 5.10 Å². The lowest BCUT2D eigenvalue weighted by molar-refractivity contribution is 0.0949. The Balaban J connectivity index is 1.79. The first-order valence-electron chi connectivity index (χ1n) is 7.72. The second-order valence-corrected chi connectivity index (χ2v) is 6.19. The molecule has 0 unspecified atom stereocenters. The predicted octanol–water partition coefficient (Wildman–Crippen LogP) is 1.71. The van der Waals surface area contributed by atoms with Crippen LogP contribution in [0, 0.1) is 0 Å². The van der Waals surface area contributed by atoms with Crippen molar-refractivity contribution in [3.63, 3.8) is 0 Å². The molecule has 0 atom stereocenters. The molecule has 3 N–H and O–H groups in total. The Morgan fingerprint density at radius 3 is 2.81 bits per heavy atom. The van der Waals surface area contributed by atoms with Gasteiger partial charge in [-0.1, -0.05) is 46.6 Å². The van der Waals surface area contributed by atoms with E-state index < -0.39 is 5.91 Å². The van der Waals surface area contributed by atoms with Gasteiger partial charge in [0.25, 0.3) is 5.91 Å². The van der Waals surface area contributed by atoms with Crippen LogP contribution in [0.25, 0.3) is 5.82 Å². The minimum atomic E-state index is -0.483. The van der Waals surface area contributed by atoms with Gasteiger partial charge in [0.05, 0.1) is 11.9 Å². The van der Waals surface area contributed by atoms with E-state index in [1.807, 2.05) is 31.2 Å². The third-order valence-electron chi connectivity index (χ3n) is 3.41. The van der Waals surface area contributed by atoms with Gasteiger partial charge in [0, 0.05) is 4.47 Å². The van der Waals surface area contributed by atoms with Crippen molar-refractivity contribution in [1.29, 1.82) is 0 Å². The normalized spacial score (nSPS) is 11.2. The van der Waals surface area contributed by atoms with E-state index in [0.717, 1.165) is 16.5 Å². The summed E-state index contributed by atoms with van der Waals surface area (Å²) in [5.41, 5.74) is 9.67. The zero-order chi connectivity index (χ0) is 18.5. The van der Waals surface area contributed by atoms with E-state index in [2.05, 4.69) is 51.7 Å². The lowest BCUT2D eigenvalue weighted by Gasteiger charge is -2.03. The van der Waals surface area contributed by atoms with Crippen LogP contribution in [0.15, 0.2) is 38.5 Å². The number of nitrogens with zero attached hydrogens (tertiary/aromatic N) is 6. The van der Waals surface area contributed by atoms with Crippen LogP contribution in [0.1, 0.15) is 35.1 Å². The van der Waals surface area contributed by atoms with Crippen LogP contribution >= 0.6 is 15.9 Å². The standard InChI is InChI=1S/C15H15BrN8O2/c1-2-3-11-12(19-23-24(11)14-13(17)21-26-22-14)15(25)20-18-8-9-4-6-10(16)7-5-9/h4-8H,2-3H2,1H3,(H2,17,21)(H,20,25)/b18-8-. The minimum absolute atomic E-state index is 0.0625. The van der Waals surface area contributed by atoms with Gasteiger partial charge in [-0.05, 0) is 34.4 Å². The van der Waals surface area contributed by atoms with Gasteiger partial charge < -0.3 is 5.73 Å². The molecule has 0 saturated carbocycles. The number of hydrogen-bond acceptors (Lipinski definition) is 8. The number of benzene rings is 1. The Morgan fingerprint density at radius 2 is 2.15 bits per heavy atom. The molecule has 0 bridgehead atoms. The number of nitrogens with one attached hydrogen (secondary N) is 1. The first kappa shape index (κ1) is 17.7. The van der Waals surface area contributed by atoms with E-state index >= 15 is 0 Å².